The van der Waals surface area contributed by atoms with E-state index in [0.717, 1.165) is 11.8 Å². The second kappa shape index (κ2) is 7.21. The normalized spacial score (nSPS) is 25.4. The van der Waals surface area contributed by atoms with Gasteiger partial charge >= 0.3 is 5.97 Å². The third-order valence-electron chi connectivity index (χ3n) is 5.31. The summed E-state index contributed by atoms with van der Waals surface area (Å²) in [6, 6.07) is 8.18. The van der Waals surface area contributed by atoms with Crippen molar-refractivity contribution in [1.29, 1.82) is 0 Å². The zero-order chi connectivity index (χ0) is 19.8. The number of carboxylic acids is 1. The third kappa shape index (κ3) is 3.59. The van der Waals surface area contributed by atoms with Crippen LogP contribution in [0, 0.1) is 0 Å². The number of hydrogen-bond acceptors (Lipinski definition) is 5. The summed E-state index contributed by atoms with van der Waals surface area (Å²) in [6.45, 7) is 2.21. The topological polar surface area (TPSA) is 104 Å². The average Bonchev–Trinajstić information content (AvgIpc) is 3.07. The fourth-order valence-electron chi connectivity index (χ4n) is 4.01. The highest BCUT2D eigenvalue weighted by Crippen LogP contribution is 2.42. The van der Waals surface area contributed by atoms with Gasteiger partial charge in [-0.25, -0.2) is 13.2 Å². The largest absolute Gasteiger partial charge is 0.480 e. The molecule has 1 amide bonds. The number of β-lactam (4-membered cyclic amide) rings is 1. The lowest BCUT2D eigenvalue weighted by atomic mass is 9.84. The number of sulfonamides is 1. The van der Waals surface area contributed by atoms with Crippen LogP contribution in [-0.2, 0) is 31.0 Å². The van der Waals surface area contributed by atoms with Crippen molar-refractivity contribution < 1.29 is 27.9 Å². The van der Waals surface area contributed by atoms with Crippen molar-refractivity contribution in [2.45, 2.75) is 44.1 Å². The molecule has 2 aliphatic heterocycles. The van der Waals surface area contributed by atoms with Gasteiger partial charge in [0.1, 0.15) is 5.54 Å². The zero-order valence-corrected chi connectivity index (χ0v) is 16.2. The molecule has 1 aromatic carbocycles. The van der Waals surface area contributed by atoms with Crippen molar-refractivity contribution in [1.82, 2.24) is 9.21 Å². The maximum atomic E-state index is 12.9. The number of nitrogens with zero attached hydrogens (tertiary/aromatic N) is 2. The molecule has 8 nitrogen and oxygen atoms in total. The lowest BCUT2D eigenvalue weighted by molar-refractivity contribution is -0.176. The molecule has 0 aliphatic carbocycles. The highest BCUT2D eigenvalue weighted by Gasteiger charge is 2.63. The van der Waals surface area contributed by atoms with Gasteiger partial charge in [0.2, 0.25) is 15.9 Å². The van der Waals surface area contributed by atoms with Crippen LogP contribution in [0.1, 0.15) is 25.3 Å². The molecule has 1 spiro atoms. The molecule has 2 unspecified atom stereocenters. The van der Waals surface area contributed by atoms with Crippen molar-refractivity contribution in [3.8, 4) is 0 Å². The maximum Gasteiger partial charge on any atom is 0.329 e. The summed E-state index contributed by atoms with van der Waals surface area (Å²) in [5.74, 6) is -1.62. The minimum Gasteiger partial charge on any atom is -0.480 e. The van der Waals surface area contributed by atoms with Gasteiger partial charge in [0.25, 0.3) is 0 Å². The van der Waals surface area contributed by atoms with E-state index in [1.807, 2.05) is 30.3 Å². The van der Waals surface area contributed by atoms with E-state index < -0.39 is 39.6 Å². The fourth-order valence-corrected chi connectivity index (χ4v) is 5.33. The van der Waals surface area contributed by atoms with Gasteiger partial charge in [-0.1, -0.05) is 30.3 Å². The Bertz CT molecular complexity index is 828. The van der Waals surface area contributed by atoms with Crippen molar-refractivity contribution in [2.24, 2.45) is 0 Å². The first-order chi connectivity index (χ1) is 12.7. The third-order valence-corrected chi connectivity index (χ3v) is 6.64. The second-order valence-corrected chi connectivity index (χ2v) is 9.09. The Kier molecular flexibility index (Phi) is 5.29. The molecule has 3 atom stereocenters. The number of carbonyl (C=O) groups is 2. The summed E-state index contributed by atoms with van der Waals surface area (Å²) in [6.07, 6.45) is 1.35. The van der Waals surface area contributed by atoms with Crippen LogP contribution in [0.15, 0.2) is 30.3 Å². The number of benzene rings is 1. The SMILES string of the molecule is CC(OCc1ccccc1)C(C(=O)O)N1C[C@@]2(CCCN2S(C)(=O)=O)C1=O. The van der Waals surface area contributed by atoms with Crippen LogP contribution in [0.25, 0.3) is 0 Å². The molecule has 0 aromatic heterocycles. The lowest BCUT2D eigenvalue weighted by Crippen LogP contribution is -2.76. The van der Waals surface area contributed by atoms with Crippen molar-refractivity contribution in [2.75, 3.05) is 19.3 Å². The second-order valence-electron chi connectivity index (χ2n) is 7.19. The molecule has 0 saturated carbocycles. The van der Waals surface area contributed by atoms with Crippen LogP contribution in [0.2, 0.25) is 0 Å². The van der Waals surface area contributed by atoms with Gasteiger partial charge < -0.3 is 14.7 Å². The van der Waals surface area contributed by atoms with Crippen LogP contribution in [0.5, 0.6) is 0 Å². The molecule has 2 fully saturated rings. The highest BCUT2D eigenvalue weighted by atomic mass is 32.2. The van der Waals surface area contributed by atoms with E-state index in [0.29, 0.717) is 12.8 Å². The van der Waals surface area contributed by atoms with Gasteiger partial charge in [0, 0.05) is 6.54 Å². The number of amides is 1. The Morgan fingerprint density at radius 3 is 2.56 bits per heavy atom. The quantitative estimate of drug-likeness (QED) is 0.680. The van der Waals surface area contributed by atoms with E-state index >= 15 is 0 Å². The molecular formula is C18H24N2O6S. The number of aliphatic carboxylic acids is 1. The Morgan fingerprint density at radius 1 is 1.33 bits per heavy atom. The molecule has 1 N–H and O–H groups in total. The van der Waals surface area contributed by atoms with E-state index in [-0.39, 0.29) is 19.7 Å². The summed E-state index contributed by atoms with van der Waals surface area (Å²) >= 11 is 0. The molecule has 1 aromatic rings. The summed E-state index contributed by atoms with van der Waals surface area (Å²) < 4.78 is 30.9. The van der Waals surface area contributed by atoms with Gasteiger partial charge in [-0.15, -0.1) is 0 Å². The summed E-state index contributed by atoms with van der Waals surface area (Å²) in [5.41, 5.74) is -0.223. The number of carbonyl (C=O) groups excluding carboxylic acids is 1. The molecular weight excluding hydrogens is 372 g/mol. The monoisotopic (exact) mass is 396 g/mol. The number of ether oxygens (including phenoxy) is 1. The number of hydrogen-bond donors (Lipinski definition) is 1. The van der Waals surface area contributed by atoms with E-state index in [2.05, 4.69) is 0 Å². The van der Waals surface area contributed by atoms with Gasteiger partial charge in [-0.05, 0) is 25.3 Å². The number of carboxylic acid groups (broad SMARTS) is 1. The van der Waals surface area contributed by atoms with Gasteiger partial charge in [0.05, 0.1) is 25.5 Å². The van der Waals surface area contributed by atoms with Crippen LogP contribution in [0.3, 0.4) is 0 Å². The number of likely N-dealkylation sites (tertiary alicyclic amines) is 1. The van der Waals surface area contributed by atoms with Crippen LogP contribution >= 0.6 is 0 Å². The minimum atomic E-state index is -3.53. The maximum absolute atomic E-state index is 12.9. The lowest BCUT2D eigenvalue weighted by Gasteiger charge is -2.52. The van der Waals surface area contributed by atoms with Gasteiger partial charge in [0.15, 0.2) is 6.04 Å². The number of rotatable bonds is 7. The van der Waals surface area contributed by atoms with Crippen LogP contribution in [0.4, 0.5) is 0 Å². The first-order valence-electron chi connectivity index (χ1n) is 8.84. The Hall–Kier alpha value is -1.97. The smallest absolute Gasteiger partial charge is 0.329 e. The molecule has 3 rings (SSSR count). The molecule has 2 saturated heterocycles. The molecule has 2 aliphatic rings. The summed E-state index contributed by atoms with van der Waals surface area (Å²) in [5, 5.41) is 9.65. The molecule has 27 heavy (non-hydrogen) atoms. The van der Waals surface area contributed by atoms with Crippen molar-refractivity contribution in [3.63, 3.8) is 0 Å². The predicted molar refractivity (Wildman–Crippen MR) is 97.3 cm³/mol. The van der Waals surface area contributed by atoms with E-state index in [4.69, 9.17) is 4.74 Å². The van der Waals surface area contributed by atoms with Gasteiger partial charge in [-0.2, -0.15) is 4.31 Å². The molecule has 0 bridgehead atoms. The van der Waals surface area contributed by atoms with E-state index in [9.17, 15) is 23.1 Å². The first kappa shape index (κ1) is 19.8. The standard InChI is InChI=1S/C18H24N2O6S/c1-13(26-11-14-7-4-3-5-8-14)15(16(21)22)19-12-18(17(19)23)9-6-10-20(18)27(2,24)25/h3-5,7-8,13,15H,6,9-12H2,1-2H3,(H,21,22)/t13?,15?,18-/m0/s1. The molecule has 0 radical (unpaired) electrons. The van der Waals surface area contributed by atoms with Crippen molar-refractivity contribution >= 4 is 21.9 Å². The summed E-state index contributed by atoms with van der Waals surface area (Å²) in [7, 11) is -3.53. The Labute approximate surface area is 158 Å². The Balaban J connectivity index is 1.71. The minimum absolute atomic E-state index is 0.0783. The fraction of sp³-hybridized carbons (Fsp3) is 0.556. The average molecular weight is 396 g/mol. The van der Waals surface area contributed by atoms with Crippen LogP contribution in [-0.4, -0.2) is 71.6 Å². The molecule has 2 heterocycles. The zero-order valence-electron chi connectivity index (χ0n) is 15.4. The van der Waals surface area contributed by atoms with Crippen molar-refractivity contribution in [3.05, 3.63) is 35.9 Å². The van der Waals surface area contributed by atoms with E-state index in [1.165, 1.54) is 9.21 Å². The van der Waals surface area contributed by atoms with E-state index in [1.54, 1.807) is 6.92 Å². The summed E-state index contributed by atoms with van der Waals surface area (Å²) in [4.78, 5) is 25.9. The van der Waals surface area contributed by atoms with Gasteiger partial charge in [-0.3, -0.25) is 4.79 Å². The Morgan fingerprint density at radius 2 is 2.00 bits per heavy atom. The first-order valence-corrected chi connectivity index (χ1v) is 10.7. The highest BCUT2D eigenvalue weighted by molar-refractivity contribution is 7.88. The van der Waals surface area contributed by atoms with Crippen LogP contribution < -0.4 is 0 Å². The molecule has 9 heteroatoms. The molecule has 148 valence electrons. The predicted octanol–water partition coefficient (Wildman–Crippen LogP) is 0.681.